The summed E-state index contributed by atoms with van der Waals surface area (Å²) in [6.07, 6.45) is 1.38. The molecule has 3 rings (SSSR count). The Hall–Kier alpha value is -2.28. The zero-order valence-corrected chi connectivity index (χ0v) is 11.7. The van der Waals surface area contributed by atoms with Crippen molar-refractivity contribution in [3.63, 3.8) is 0 Å². The number of hydrogen-bond donors (Lipinski definition) is 2. The van der Waals surface area contributed by atoms with E-state index in [0.717, 1.165) is 18.4 Å². The molecule has 0 spiro atoms. The lowest BCUT2D eigenvalue weighted by atomic mass is 9.82. The van der Waals surface area contributed by atoms with E-state index in [1.54, 1.807) is 36.2 Å². The average molecular weight is 287 g/mol. The maximum Gasteiger partial charge on any atom is 0.253 e. The van der Waals surface area contributed by atoms with Gasteiger partial charge in [-0.05, 0) is 36.1 Å². The van der Waals surface area contributed by atoms with Gasteiger partial charge in [-0.3, -0.25) is 4.79 Å². The van der Waals surface area contributed by atoms with Gasteiger partial charge in [-0.2, -0.15) is 5.21 Å². The highest BCUT2D eigenvalue weighted by molar-refractivity contribution is 5.94. The fourth-order valence-electron chi connectivity index (χ4n) is 2.59. The predicted molar refractivity (Wildman–Crippen MR) is 75.3 cm³/mol. The van der Waals surface area contributed by atoms with Crippen LogP contribution in [0.1, 0.15) is 23.2 Å². The minimum absolute atomic E-state index is 0.0175. The number of benzene rings is 1. The second kappa shape index (κ2) is 5.61. The molecule has 0 aliphatic heterocycles. The summed E-state index contributed by atoms with van der Waals surface area (Å²) in [5, 5.41) is 23.0. The van der Waals surface area contributed by atoms with Crippen molar-refractivity contribution < 1.29 is 9.90 Å². The van der Waals surface area contributed by atoms with E-state index in [1.807, 2.05) is 0 Å². The second-order valence-corrected chi connectivity index (χ2v) is 5.49. The lowest BCUT2D eigenvalue weighted by Crippen LogP contribution is -2.39. The zero-order valence-electron chi connectivity index (χ0n) is 11.7. The van der Waals surface area contributed by atoms with Crippen LogP contribution in [0.3, 0.4) is 0 Å². The van der Waals surface area contributed by atoms with Gasteiger partial charge < -0.3 is 10.0 Å². The van der Waals surface area contributed by atoms with Crippen molar-refractivity contribution in [1.82, 2.24) is 25.5 Å². The number of hydrogen-bond acceptors (Lipinski definition) is 5. The Kier molecular flexibility index (Phi) is 3.66. The molecule has 0 atom stereocenters. The summed E-state index contributed by atoms with van der Waals surface area (Å²) < 4.78 is 0. The molecule has 1 aromatic heterocycles. The molecule has 1 aromatic carbocycles. The molecule has 21 heavy (non-hydrogen) atoms. The number of aliphatic hydroxyl groups excluding tert-OH is 1. The molecule has 1 aliphatic rings. The molecule has 0 saturated heterocycles. The Balaban J connectivity index is 1.64. The van der Waals surface area contributed by atoms with Crippen LogP contribution in [0.15, 0.2) is 24.3 Å². The smallest absolute Gasteiger partial charge is 0.253 e. The lowest BCUT2D eigenvalue weighted by Gasteiger charge is -2.34. The summed E-state index contributed by atoms with van der Waals surface area (Å²) in [6, 6.07) is 7.14. The van der Waals surface area contributed by atoms with Gasteiger partial charge in [0.15, 0.2) is 0 Å². The Bertz CT molecular complexity index is 605. The van der Waals surface area contributed by atoms with Gasteiger partial charge in [-0.1, -0.05) is 12.1 Å². The number of amides is 1. The number of nitrogens with one attached hydrogen (secondary N) is 1. The molecule has 2 aromatic rings. The molecule has 2 N–H and O–H groups in total. The first kappa shape index (κ1) is 13.7. The number of carbonyl (C=O) groups is 1. The zero-order chi connectivity index (χ0) is 14.8. The molecular weight excluding hydrogens is 270 g/mol. The van der Waals surface area contributed by atoms with Crippen molar-refractivity contribution in [3.8, 4) is 11.4 Å². The van der Waals surface area contributed by atoms with Gasteiger partial charge in [0.05, 0.1) is 6.10 Å². The summed E-state index contributed by atoms with van der Waals surface area (Å²) in [5.74, 6) is 0.898. The summed E-state index contributed by atoms with van der Waals surface area (Å²) >= 11 is 0. The summed E-state index contributed by atoms with van der Waals surface area (Å²) in [4.78, 5) is 14.0. The first-order chi connectivity index (χ1) is 10.1. The molecule has 1 fully saturated rings. The summed E-state index contributed by atoms with van der Waals surface area (Å²) in [5.41, 5.74) is 1.44. The number of aromatic amines is 1. The Morgan fingerprint density at radius 1 is 1.38 bits per heavy atom. The van der Waals surface area contributed by atoms with Crippen LogP contribution < -0.4 is 0 Å². The summed E-state index contributed by atoms with van der Waals surface area (Å²) in [7, 11) is 1.79. The quantitative estimate of drug-likeness (QED) is 0.863. The van der Waals surface area contributed by atoms with Gasteiger partial charge in [0.2, 0.25) is 5.82 Å². The van der Waals surface area contributed by atoms with Crippen molar-refractivity contribution in [2.75, 3.05) is 13.6 Å². The molecule has 7 heteroatoms. The van der Waals surface area contributed by atoms with Crippen molar-refractivity contribution in [2.24, 2.45) is 5.92 Å². The SMILES string of the molecule is CN(CC1CC(O)C1)C(=O)c1ccc(-c2nn[nH]n2)cc1. The van der Waals surface area contributed by atoms with Gasteiger partial charge in [0, 0.05) is 24.7 Å². The third-order valence-corrected chi connectivity index (χ3v) is 3.82. The number of H-pyrrole nitrogens is 1. The van der Waals surface area contributed by atoms with Crippen molar-refractivity contribution in [3.05, 3.63) is 29.8 Å². The maximum absolute atomic E-state index is 12.3. The molecule has 0 unspecified atom stereocenters. The fourth-order valence-corrected chi connectivity index (χ4v) is 2.59. The molecule has 0 bridgehead atoms. The monoisotopic (exact) mass is 287 g/mol. The Morgan fingerprint density at radius 2 is 2.10 bits per heavy atom. The first-order valence-electron chi connectivity index (χ1n) is 6.91. The fraction of sp³-hybridized carbons (Fsp3) is 0.429. The van der Waals surface area contributed by atoms with Crippen LogP contribution >= 0.6 is 0 Å². The van der Waals surface area contributed by atoms with Crippen LogP contribution in [0.2, 0.25) is 0 Å². The van der Waals surface area contributed by atoms with Gasteiger partial charge in [0.25, 0.3) is 5.91 Å². The second-order valence-electron chi connectivity index (χ2n) is 5.49. The number of tetrazole rings is 1. The normalized spacial score (nSPS) is 20.9. The molecule has 1 heterocycles. The van der Waals surface area contributed by atoms with E-state index in [2.05, 4.69) is 20.6 Å². The number of carbonyl (C=O) groups excluding carboxylic acids is 1. The number of nitrogens with zero attached hydrogens (tertiary/aromatic N) is 4. The molecule has 1 amide bonds. The number of aliphatic hydroxyl groups is 1. The molecule has 7 nitrogen and oxygen atoms in total. The topological polar surface area (TPSA) is 95.0 Å². The molecule has 1 aliphatic carbocycles. The largest absolute Gasteiger partial charge is 0.393 e. The van der Waals surface area contributed by atoms with E-state index < -0.39 is 0 Å². The highest BCUT2D eigenvalue weighted by atomic mass is 16.3. The predicted octanol–water partition coefficient (Wildman–Crippen LogP) is 0.710. The van der Waals surface area contributed by atoms with E-state index in [-0.39, 0.29) is 12.0 Å². The molecular formula is C14H17N5O2. The van der Waals surface area contributed by atoms with E-state index in [9.17, 15) is 9.90 Å². The van der Waals surface area contributed by atoms with Crippen molar-refractivity contribution >= 4 is 5.91 Å². The van der Waals surface area contributed by atoms with Crippen molar-refractivity contribution in [2.45, 2.75) is 18.9 Å². The third kappa shape index (κ3) is 2.92. The maximum atomic E-state index is 12.3. The van der Waals surface area contributed by atoms with E-state index >= 15 is 0 Å². The van der Waals surface area contributed by atoms with Crippen LogP contribution in [0.5, 0.6) is 0 Å². The van der Waals surface area contributed by atoms with Crippen LogP contribution in [-0.4, -0.2) is 56.2 Å². The van der Waals surface area contributed by atoms with E-state index in [1.165, 1.54) is 0 Å². The highest BCUT2D eigenvalue weighted by Gasteiger charge is 2.29. The van der Waals surface area contributed by atoms with Crippen molar-refractivity contribution in [1.29, 1.82) is 0 Å². The lowest BCUT2D eigenvalue weighted by molar-refractivity contribution is 0.0265. The Labute approximate surface area is 122 Å². The van der Waals surface area contributed by atoms with E-state index in [0.29, 0.717) is 23.9 Å². The number of aromatic nitrogens is 4. The van der Waals surface area contributed by atoms with Crippen LogP contribution in [0.4, 0.5) is 0 Å². The minimum atomic E-state index is -0.187. The molecule has 1 saturated carbocycles. The van der Waals surface area contributed by atoms with Gasteiger partial charge in [-0.15, -0.1) is 10.2 Å². The van der Waals surface area contributed by atoms with E-state index in [4.69, 9.17) is 0 Å². The Morgan fingerprint density at radius 3 is 2.67 bits per heavy atom. The van der Waals surface area contributed by atoms with Crippen LogP contribution in [0.25, 0.3) is 11.4 Å². The van der Waals surface area contributed by atoms with Crippen LogP contribution in [0, 0.1) is 5.92 Å². The van der Waals surface area contributed by atoms with Gasteiger partial charge >= 0.3 is 0 Å². The standard InChI is InChI=1S/C14H17N5O2/c1-19(8-9-6-12(20)7-9)14(21)11-4-2-10(3-5-11)13-15-17-18-16-13/h2-5,9,12,20H,6-8H2,1H3,(H,15,16,17,18). The number of rotatable bonds is 4. The van der Waals surface area contributed by atoms with Crippen LogP contribution in [-0.2, 0) is 0 Å². The molecule has 110 valence electrons. The molecule has 0 radical (unpaired) electrons. The average Bonchev–Trinajstić information content (AvgIpc) is 2.99. The minimum Gasteiger partial charge on any atom is -0.393 e. The van der Waals surface area contributed by atoms with Gasteiger partial charge in [0.1, 0.15) is 0 Å². The summed E-state index contributed by atoms with van der Waals surface area (Å²) in [6.45, 7) is 0.683. The highest BCUT2D eigenvalue weighted by Crippen LogP contribution is 2.28. The third-order valence-electron chi connectivity index (χ3n) is 3.82. The van der Waals surface area contributed by atoms with Gasteiger partial charge in [-0.25, -0.2) is 0 Å². The first-order valence-corrected chi connectivity index (χ1v) is 6.91.